The average molecular weight is 204 g/mol. The second-order valence-corrected chi connectivity index (χ2v) is 4.04. The third-order valence-electron chi connectivity index (χ3n) is 2.80. The molecule has 3 nitrogen and oxygen atoms in total. The Morgan fingerprint density at radius 1 is 1.33 bits per heavy atom. The van der Waals surface area contributed by atoms with Gasteiger partial charge in [0.25, 0.3) is 0 Å². The van der Waals surface area contributed by atoms with Gasteiger partial charge in [-0.15, -0.1) is 0 Å². The quantitative estimate of drug-likeness (QED) is 0.730. The third kappa shape index (κ3) is 2.64. The molecule has 0 radical (unpaired) electrons. The lowest BCUT2D eigenvalue weighted by Crippen LogP contribution is -2.36. The van der Waals surface area contributed by atoms with Crippen molar-refractivity contribution in [2.45, 2.75) is 31.5 Å². The molecule has 3 heteroatoms. The van der Waals surface area contributed by atoms with E-state index in [1.54, 1.807) is 0 Å². The van der Waals surface area contributed by atoms with E-state index in [1.165, 1.54) is 0 Å². The van der Waals surface area contributed by atoms with Crippen LogP contribution in [0.3, 0.4) is 0 Å². The Labute approximate surface area is 89.7 Å². The highest BCUT2D eigenvalue weighted by Gasteiger charge is 2.23. The van der Waals surface area contributed by atoms with Crippen molar-refractivity contribution >= 4 is 5.78 Å². The number of nitrogens with two attached hydrogens (primary N) is 1. The van der Waals surface area contributed by atoms with Crippen LogP contribution in [-0.4, -0.2) is 18.0 Å². The van der Waals surface area contributed by atoms with Crippen LogP contribution in [0.25, 0.3) is 0 Å². The topological polar surface area (TPSA) is 55.1 Å². The van der Waals surface area contributed by atoms with Crippen LogP contribution in [0.4, 0.5) is 0 Å². The van der Waals surface area contributed by atoms with E-state index < -0.39 is 0 Å². The molecule has 0 bridgehead atoms. The lowest BCUT2D eigenvalue weighted by atomic mass is 10.0. The number of benzene rings is 1. The highest BCUT2D eigenvalue weighted by Crippen LogP contribution is 2.14. The summed E-state index contributed by atoms with van der Waals surface area (Å²) in [6, 6.07) is 9.67. The van der Waals surface area contributed by atoms with Gasteiger partial charge in [0.05, 0.1) is 6.17 Å². The monoisotopic (exact) mass is 204 g/mol. The van der Waals surface area contributed by atoms with E-state index in [0.717, 1.165) is 18.4 Å². The summed E-state index contributed by atoms with van der Waals surface area (Å²) in [6.07, 6.45) is 2.59. The maximum Gasteiger partial charge on any atom is 0.164 e. The minimum atomic E-state index is 0.0681. The second-order valence-electron chi connectivity index (χ2n) is 4.04. The van der Waals surface area contributed by atoms with Crippen LogP contribution >= 0.6 is 0 Å². The molecule has 2 atom stereocenters. The largest absolute Gasteiger partial charge is 0.316 e. The fourth-order valence-corrected chi connectivity index (χ4v) is 1.98. The first-order chi connectivity index (χ1) is 7.25. The number of carbonyl (C=O) groups excluding carboxylic acids is 1. The van der Waals surface area contributed by atoms with Gasteiger partial charge in [-0.2, -0.15) is 0 Å². The lowest BCUT2D eigenvalue weighted by Gasteiger charge is -2.10. The van der Waals surface area contributed by atoms with Gasteiger partial charge in [-0.1, -0.05) is 30.3 Å². The average Bonchev–Trinajstić information content (AvgIpc) is 2.65. The van der Waals surface area contributed by atoms with Crippen LogP contribution in [0, 0.1) is 0 Å². The summed E-state index contributed by atoms with van der Waals surface area (Å²) in [5, 5.41) is 3.21. The molecule has 0 spiro atoms. The molecule has 3 N–H and O–H groups in total. The predicted octanol–water partition coefficient (Wildman–Crippen LogP) is 1.30. The predicted molar refractivity (Wildman–Crippen MR) is 59.5 cm³/mol. The van der Waals surface area contributed by atoms with Crippen molar-refractivity contribution in [2.75, 3.05) is 0 Å². The molecule has 1 saturated heterocycles. The van der Waals surface area contributed by atoms with Gasteiger partial charge in [-0.25, -0.2) is 0 Å². The summed E-state index contributed by atoms with van der Waals surface area (Å²) < 4.78 is 0. The van der Waals surface area contributed by atoms with Gasteiger partial charge in [0.15, 0.2) is 5.78 Å². The Morgan fingerprint density at radius 2 is 2.07 bits per heavy atom. The van der Waals surface area contributed by atoms with E-state index in [-0.39, 0.29) is 18.0 Å². The van der Waals surface area contributed by atoms with Crippen LogP contribution in [0.2, 0.25) is 0 Å². The van der Waals surface area contributed by atoms with E-state index >= 15 is 0 Å². The van der Waals surface area contributed by atoms with Crippen molar-refractivity contribution in [1.82, 2.24) is 5.32 Å². The molecule has 1 aromatic carbocycles. The molecule has 1 aliphatic heterocycles. The molecule has 1 heterocycles. The number of Topliss-reactive ketones (excluding diaryl/α,β-unsaturated/α-hetero) is 1. The zero-order chi connectivity index (χ0) is 10.7. The summed E-state index contributed by atoms with van der Waals surface area (Å²) >= 11 is 0. The van der Waals surface area contributed by atoms with Gasteiger partial charge in [0, 0.05) is 18.0 Å². The standard InChI is InChI=1S/C12H16N2O/c13-12-7-6-10(14-12)8-11(15)9-4-2-1-3-5-9/h1-5,10,12,14H,6-8,13H2. The van der Waals surface area contributed by atoms with Crippen molar-refractivity contribution in [2.24, 2.45) is 5.73 Å². The number of hydrogen-bond acceptors (Lipinski definition) is 3. The van der Waals surface area contributed by atoms with Crippen LogP contribution in [0.5, 0.6) is 0 Å². The summed E-state index contributed by atoms with van der Waals surface area (Å²) in [7, 11) is 0. The first-order valence-electron chi connectivity index (χ1n) is 5.35. The molecule has 0 amide bonds. The van der Waals surface area contributed by atoms with Crippen molar-refractivity contribution < 1.29 is 4.79 Å². The smallest absolute Gasteiger partial charge is 0.164 e. The maximum absolute atomic E-state index is 11.8. The number of carbonyl (C=O) groups is 1. The van der Waals surface area contributed by atoms with Gasteiger partial charge >= 0.3 is 0 Å². The van der Waals surface area contributed by atoms with Crippen LogP contribution < -0.4 is 11.1 Å². The SMILES string of the molecule is NC1CCC(CC(=O)c2ccccc2)N1. The van der Waals surface area contributed by atoms with Gasteiger partial charge in [-0.05, 0) is 12.8 Å². The first kappa shape index (κ1) is 10.3. The minimum Gasteiger partial charge on any atom is -0.316 e. The molecule has 0 aliphatic carbocycles. The zero-order valence-electron chi connectivity index (χ0n) is 8.65. The van der Waals surface area contributed by atoms with Gasteiger partial charge in [0.2, 0.25) is 0 Å². The molecular formula is C12H16N2O. The molecular weight excluding hydrogens is 188 g/mol. The van der Waals surface area contributed by atoms with Crippen LogP contribution in [0.15, 0.2) is 30.3 Å². The van der Waals surface area contributed by atoms with Gasteiger partial charge in [0.1, 0.15) is 0 Å². The highest BCUT2D eigenvalue weighted by atomic mass is 16.1. The molecule has 0 aromatic heterocycles. The number of hydrogen-bond donors (Lipinski definition) is 2. The second kappa shape index (κ2) is 4.55. The van der Waals surface area contributed by atoms with E-state index in [0.29, 0.717) is 6.42 Å². The molecule has 0 saturated carbocycles. The zero-order valence-corrected chi connectivity index (χ0v) is 8.65. The molecule has 80 valence electrons. The van der Waals surface area contributed by atoms with Crippen LogP contribution in [-0.2, 0) is 0 Å². The Kier molecular flexibility index (Phi) is 3.14. The van der Waals surface area contributed by atoms with E-state index in [4.69, 9.17) is 5.73 Å². The van der Waals surface area contributed by atoms with Gasteiger partial charge in [-0.3, -0.25) is 10.1 Å². The van der Waals surface area contributed by atoms with Gasteiger partial charge < -0.3 is 5.73 Å². The van der Waals surface area contributed by atoms with Crippen molar-refractivity contribution in [3.05, 3.63) is 35.9 Å². The molecule has 15 heavy (non-hydrogen) atoms. The van der Waals surface area contributed by atoms with Crippen LogP contribution in [0.1, 0.15) is 29.6 Å². The fourth-order valence-electron chi connectivity index (χ4n) is 1.98. The number of ketones is 1. The Bertz CT molecular complexity index is 337. The minimum absolute atomic E-state index is 0.0681. The molecule has 1 fully saturated rings. The normalized spacial score (nSPS) is 25.4. The molecule has 2 rings (SSSR count). The Hall–Kier alpha value is -1.19. The van der Waals surface area contributed by atoms with E-state index in [9.17, 15) is 4.79 Å². The van der Waals surface area contributed by atoms with Crippen molar-refractivity contribution in [3.8, 4) is 0 Å². The third-order valence-corrected chi connectivity index (χ3v) is 2.80. The van der Waals surface area contributed by atoms with E-state index in [1.807, 2.05) is 30.3 Å². The molecule has 1 aliphatic rings. The fraction of sp³-hybridized carbons (Fsp3) is 0.417. The maximum atomic E-state index is 11.8. The number of rotatable bonds is 3. The lowest BCUT2D eigenvalue weighted by molar-refractivity contribution is 0.0971. The highest BCUT2D eigenvalue weighted by molar-refractivity contribution is 5.96. The molecule has 2 unspecified atom stereocenters. The summed E-state index contributed by atoms with van der Waals surface area (Å²) in [5.74, 6) is 0.196. The Balaban J connectivity index is 1.93. The van der Waals surface area contributed by atoms with Crippen molar-refractivity contribution in [3.63, 3.8) is 0 Å². The van der Waals surface area contributed by atoms with Crippen molar-refractivity contribution in [1.29, 1.82) is 0 Å². The molecule has 1 aromatic rings. The first-order valence-corrected chi connectivity index (χ1v) is 5.35. The number of nitrogens with one attached hydrogen (secondary N) is 1. The summed E-state index contributed by atoms with van der Waals surface area (Å²) in [4.78, 5) is 11.8. The Morgan fingerprint density at radius 3 is 2.67 bits per heavy atom. The summed E-state index contributed by atoms with van der Waals surface area (Å²) in [5.41, 5.74) is 6.51. The van der Waals surface area contributed by atoms with E-state index in [2.05, 4.69) is 5.32 Å². The summed E-state index contributed by atoms with van der Waals surface area (Å²) in [6.45, 7) is 0.